The summed E-state index contributed by atoms with van der Waals surface area (Å²) in [7, 11) is 0. The predicted octanol–water partition coefficient (Wildman–Crippen LogP) is 4.85. The van der Waals surface area contributed by atoms with Crippen LogP contribution < -0.4 is 15.0 Å². The van der Waals surface area contributed by atoms with Crippen LogP contribution in [0.3, 0.4) is 0 Å². The summed E-state index contributed by atoms with van der Waals surface area (Å²) in [6.07, 6.45) is 5.15. The zero-order valence-electron chi connectivity index (χ0n) is 14.8. The molecule has 1 unspecified atom stereocenters. The van der Waals surface area contributed by atoms with Gasteiger partial charge in [-0.25, -0.2) is 10.5 Å². The maximum Gasteiger partial charge on any atom is 0.216 e. The fourth-order valence-electron chi connectivity index (χ4n) is 3.00. The molecule has 2 N–H and O–H groups in total. The van der Waals surface area contributed by atoms with Gasteiger partial charge in [-0.15, -0.1) is 0 Å². The van der Waals surface area contributed by atoms with Crippen LogP contribution in [0.25, 0.3) is 11.0 Å². The van der Waals surface area contributed by atoms with Gasteiger partial charge in [0.2, 0.25) is 5.88 Å². The Morgan fingerprint density at radius 1 is 0.857 bits per heavy atom. The molecule has 6 nitrogen and oxygen atoms in total. The highest BCUT2D eigenvalue weighted by atomic mass is 16.7. The van der Waals surface area contributed by atoms with Crippen molar-refractivity contribution in [1.29, 1.82) is 0 Å². The first-order valence-electron chi connectivity index (χ1n) is 8.91. The summed E-state index contributed by atoms with van der Waals surface area (Å²) in [5.41, 5.74) is 4.64. The average Bonchev–Trinajstić information content (AvgIpc) is 3.39. The summed E-state index contributed by atoms with van der Waals surface area (Å²) in [4.78, 5) is 13.0. The second-order valence-electron chi connectivity index (χ2n) is 6.34. The highest BCUT2D eigenvalue weighted by Gasteiger charge is 2.20. The molecule has 1 aliphatic rings. The highest BCUT2D eigenvalue weighted by Crippen LogP contribution is 2.29. The lowest BCUT2D eigenvalue weighted by Crippen LogP contribution is -2.12. The van der Waals surface area contributed by atoms with Crippen molar-refractivity contribution in [3.8, 4) is 17.2 Å². The molecule has 6 heteroatoms. The van der Waals surface area contributed by atoms with E-state index in [2.05, 4.69) is 15.4 Å². The van der Waals surface area contributed by atoms with Crippen LogP contribution in [-0.2, 0) is 4.84 Å². The number of ether oxygens (including phenoxy) is 2. The van der Waals surface area contributed by atoms with Crippen molar-refractivity contribution in [2.75, 3.05) is 0 Å². The molecule has 0 fully saturated rings. The fraction of sp³-hybridized carbons (Fsp3) is 0.0455. The number of H-pyrrole nitrogens is 1. The first-order valence-corrected chi connectivity index (χ1v) is 8.91. The minimum atomic E-state index is -0.246. The lowest BCUT2D eigenvalue weighted by molar-refractivity contribution is 0.0273. The van der Waals surface area contributed by atoms with E-state index in [1.807, 2.05) is 79.0 Å². The standard InChI is InChI=1S/C22H17N3O3/c1-2-4-17(5-3-1)26-18-8-6-15(7-9-18)20-13-21(25-28-20)27-19-12-16-10-11-23-22(16)24-14-19/h1-14,20,25H,(H,23,24). The number of nitrogens with zero attached hydrogens (tertiary/aromatic N) is 1. The monoisotopic (exact) mass is 371 g/mol. The van der Waals surface area contributed by atoms with E-state index in [1.165, 1.54) is 0 Å². The van der Waals surface area contributed by atoms with Crippen molar-refractivity contribution in [2.24, 2.45) is 0 Å². The summed E-state index contributed by atoms with van der Waals surface area (Å²) >= 11 is 0. The number of hydrogen-bond acceptors (Lipinski definition) is 5. The van der Waals surface area contributed by atoms with Gasteiger partial charge in [0.15, 0.2) is 0 Å². The van der Waals surface area contributed by atoms with E-state index in [9.17, 15) is 0 Å². The van der Waals surface area contributed by atoms with Crippen LogP contribution in [-0.4, -0.2) is 9.97 Å². The molecule has 0 spiro atoms. The quantitative estimate of drug-likeness (QED) is 0.525. The molecule has 1 atom stereocenters. The predicted molar refractivity (Wildman–Crippen MR) is 105 cm³/mol. The highest BCUT2D eigenvalue weighted by molar-refractivity contribution is 5.76. The summed E-state index contributed by atoms with van der Waals surface area (Å²) in [5, 5.41) is 0.988. The molecule has 2 aromatic carbocycles. The average molecular weight is 371 g/mol. The third kappa shape index (κ3) is 3.41. The second kappa shape index (κ2) is 7.09. The van der Waals surface area contributed by atoms with Crippen LogP contribution in [0.2, 0.25) is 0 Å². The molecular formula is C22H17N3O3. The minimum absolute atomic E-state index is 0.246. The van der Waals surface area contributed by atoms with Crippen LogP contribution >= 0.6 is 0 Å². The van der Waals surface area contributed by atoms with E-state index in [4.69, 9.17) is 14.3 Å². The van der Waals surface area contributed by atoms with E-state index in [-0.39, 0.29) is 6.10 Å². The van der Waals surface area contributed by atoms with Gasteiger partial charge in [0.25, 0.3) is 0 Å². The zero-order chi connectivity index (χ0) is 18.8. The van der Waals surface area contributed by atoms with Gasteiger partial charge in [0.05, 0.1) is 6.20 Å². The third-order valence-corrected chi connectivity index (χ3v) is 4.38. The number of aromatic amines is 1. The first-order chi connectivity index (χ1) is 13.8. The van der Waals surface area contributed by atoms with Crippen LogP contribution in [0, 0.1) is 0 Å². The summed E-state index contributed by atoms with van der Waals surface area (Å²) in [5.74, 6) is 2.75. The Hall–Kier alpha value is -3.77. The lowest BCUT2D eigenvalue weighted by atomic mass is 10.1. The Morgan fingerprint density at radius 2 is 1.68 bits per heavy atom. The molecule has 2 aromatic heterocycles. The van der Waals surface area contributed by atoms with Crippen molar-refractivity contribution in [1.82, 2.24) is 15.4 Å². The number of rotatable bonds is 5. The minimum Gasteiger partial charge on any atom is -0.457 e. The van der Waals surface area contributed by atoms with Crippen molar-refractivity contribution in [3.05, 3.63) is 96.6 Å². The van der Waals surface area contributed by atoms with E-state index in [0.29, 0.717) is 11.6 Å². The maximum absolute atomic E-state index is 5.83. The molecule has 0 amide bonds. The van der Waals surface area contributed by atoms with Crippen molar-refractivity contribution in [3.63, 3.8) is 0 Å². The van der Waals surface area contributed by atoms with Crippen LogP contribution in [0.1, 0.15) is 11.7 Å². The summed E-state index contributed by atoms with van der Waals surface area (Å²) in [6, 6.07) is 21.3. The fourth-order valence-corrected chi connectivity index (χ4v) is 3.00. The van der Waals surface area contributed by atoms with Crippen LogP contribution in [0.5, 0.6) is 17.2 Å². The van der Waals surface area contributed by atoms with Crippen molar-refractivity contribution in [2.45, 2.75) is 6.10 Å². The molecule has 138 valence electrons. The molecule has 4 aromatic rings. The first kappa shape index (κ1) is 16.4. The Morgan fingerprint density at radius 3 is 2.54 bits per heavy atom. The zero-order valence-corrected chi connectivity index (χ0v) is 14.8. The molecule has 3 heterocycles. The third-order valence-electron chi connectivity index (χ3n) is 4.38. The Balaban J connectivity index is 1.27. The Kier molecular flexibility index (Phi) is 4.16. The van der Waals surface area contributed by atoms with E-state index in [1.54, 1.807) is 6.20 Å². The van der Waals surface area contributed by atoms with Gasteiger partial charge in [0.1, 0.15) is 29.0 Å². The SMILES string of the molecule is C1=C(Oc2cnc3[nH]ccc3c2)NOC1c1ccc(Oc2ccccc2)cc1. The number of hydrogen-bond donors (Lipinski definition) is 2. The molecule has 0 saturated carbocycles. The number of benzene rings is 2. The Bertz CT molecular complexity index is 1120. The van der Waals surface area contributed by atoms with Crippen LogP contribution in [0.15, 0.2) is 91.1 Å². The molecule has 0 radical (unpaired) electrons. The van der Waals surface area contributed by atoms with Gasteiger partial charge in [-0.2, -0.15) is 0 Å². The second-order valence-corrected chi connectivity index (χ2v) is 6.34. The van der Waals surface area contributed by atoms with E-state index >= 15 is 0 Å². The normalized spacial score (nSPS) is 15.9. The van der Waals surface area contributed by atoms with Gasteiger partial charge in [-0.3, -0.25) is 4.84 Å². The molecule has 1 aliphatic heterocycles. The smallest absolute Gasteiger partial charge is 0.216 e. The number of hydroxylamine groups is 1. The van der Waals surface area contributed by atoms with Crippen LogP contribution in [0.4, 0.5) is 0 Å². The molecule has 5 rings (SSSR count). The van der Waals surface area contributed by atoms with Gasteiger partial charge >= 0.3 is 0 Å². The lowest BCUT2D eigenvalue weighted by Gasteiger charge is -2.09. The molecule has 0 aliphatic carbocycles. The Labute approximate surface area is 161 Å². The topological polar surface area (TPSA) is 68.4 Å². The number of para-hydroxylation sites is 1. The summed E-state index contributed by atoms with van der Waals surface area (Å²) in [6.45, 7) is 0. The molecule has 0 saturated heterocycles. The molecule has 0 bridgehead atoms. The molecular weight excluding hydrogens is 354 g/mol. The maximum atomic E-state index is 5.83. The van der Waals surface area contributed by atoms with Gasteiger partial charge in [-0.05, 0) is 42.0 Å². The van der Waals surface area contributed by atoms with Crippen molar-refractivity contribution >= 4 is 11.0 Å². The van der Waals surface area contributed by atoms with Gasteiger partial charge < -0.3 is 14.5 Å². The van der Waals surface area contributed by atoms with E-state index < -0.39 is 0 Å². The van der Waals surface area contributed by atoms with Gasteiger partial charge in [-0.1, -0.05) is 30.3 Å². The largest absolute Gasteiger partial charge is 0.457 e. The molecule has 28 heavy (non-hydrogen) atoms. The number of pyridine rings is 1. The number of aromatic nitrogens is 2. The number of nitrogens with one attached hydrogen (secondary N) is 2. The van der Waals surface area contributed by atoms with Crippen molar-refractivity contribution < 1.29 is 14.3 Å². The summed E-state index contributed by atoms with van der Waals surface area (Å²) < 4.78 is 11.6. The number of fused-ring (bicyclic) bond motifs is 1. The van der Waals surface area contributed by atoms with E-state index in [0.717, 1.165) is 28.1 Å². The van der Waals surface area contributed by atoms with Gasteiger partial charge in [0, 0.05) is 17.7 Å².